The molecule has 2 aliphatic heterocycles. The SMILES string of the molecule is c1ccc2c(c1)CNCC2CNCC1CCOC1. The number of hydrogen-bond acceptors (Lipinski definition) is 3. The van der Waals surface area contributed by atoms with Crippen LogP contribution in [0.2, 0.25) is 0 Å². The summed E-state index contributed by atoms with van der Waals surface area (Å²) < 4.78 is 5.40. The molecule has 1 aromatic carbocycles. The van der Waals surface area contributed by atoms with Gasteiger partial charge in [0.05, 0.1) is 6.61 Å². The summed E-state index contributed by atoms with van der Waals surface area (Å²) in [6.45, 7) is 6.15. The Morgan fingerprint density at radius 1 is 1.28 bits per heavy atom. The van der Waals surface area contributed by atoms with Gasteiger partial charge in [0.1, 0.15) is 0 Å². The predicted molar refractivity (Wildman–Crippen MR) is 72.7 cm³/mol. The van der Waals surface area contributed by atoms with Gasteiger partial charge in [0.2, 0.25) is 0 Å². The van der Waals surface area contributed by atoms with Crippen LogP contribution >= 0.6 is 0 Å². The van der Waals surface area contributed by atoms with E-state index >= 15 is 0 Å². The molecule has 1 fully saturated rings. The van der Waals surface area contributed by atoms with E-state index < -0.39 is 0 Å². The van der Waals surface area contributed by atoms with E-state index in [0.717, 1.165) is 45.3 Å². The summed E-state index contributed by atoms with van der Waals surface area (Å²) in [4.78, 5) is 0. The van der Waals surface area contributed by atoms with E-state index in [1.165, 1.54) is 17.5 Å². The van der Waals surface area contributed by atoms with Gasteiger partial charge in [-0.1, -0.05) is 24.3 Å². The van der Waals surface area contributed by atoms with Gasteiger partial charge >= 0.3 is 0 Å². The maximum Gasteiger partial charge on any atom is 0.0507 e. The van der Waals surface area contributed by atoms with Crippen molar-refractivity contribution in [1.82, 2.24) is 10.6 Å². The minimum absolute atomic E-state index is 0.609. The second kappa shape index (κ2) is 5.83. The van der Waals surface area contributed by atoms with E-state index in [2.05, 4.69) is 34.9 Å². The molecule has 1 aromatic rings. The predicted octanol–water partition coefficient (Wildman–Crippen LogP) is 1.50. The van der Waals surface area contributed by atoms with E-state index in [4.69, 9.17) is 4.74 Å². The Balaban J connectivity index is 1.54. The Bertz CT molecular complexity index is 388. The smallest absolute Gasteiger partial charge is 0.0507 e. The fraction of sp³-hybridized carbons (Fsp3) is 0.600. The molecule has 0 aliphatic carbocycles. The first-order chi connectivity index (χ1) is 8.93. The van der Waals surface area contributed by atoms with Crippen molar-refractivity contribution in [3.8, 4) is 0 Å². The average Bonchev–Trinajstić information content (AvgIpc) is 2.92. The molecule has 98 valence electrons. The molecule has 18 heavy (non-hydrogen) atoms. The molecule has 0 radical (unpaired) electrons. The number of fused-ring (bicyclic) bond motifs is 1. The van der Waals surface area contributed by atoms with Crippen LogP contribution in [0.1, 0.15) is 23.5 Å². The van der Waals surface area contributed by atoms with Crippen molar-refractivity contribution >= 4 is 0 Å². The van der Waals surface area contributed by atoms with Crippen LogP contribution in [-0.4, -0.2) is 32.8 Å². The van der Waals surface area contributed by atoms with Crippen LogP contribution < -0.4 is 10.6 Å². The summed E-state index contributed by atoms with van der Waals surface area (Å²) in [7, 11) is 0. The molecule has 3 nitrogen and oxygen atoms in total. The highest BCUT2D eigenvalue weighted by Crippen LogP contribution is 2.23. The number of nitrogens with one attached hydrogen (secondary N) is 2. The second-order valence-corrected chi connectivity index (χ2v) is 5.41. The van der Waals surface area contributed by atoms with Gasteiger partial charge < -0.3 is 15.4 Å². The van der Waals surface area contributed by atoms with E-state index in [1.54, 1.807) is 0 Å². The lowest BCUT2D eigenvalue weighted by Crippen LogP contribution is -2.36. The van der Waals surface area contributed by atoms with Crippen molar-refractivity contribution in [2.24, 2.45) is 5.92 Å². The summed E-state index contributed by atoms with van der Waals surface area (Å²) in [5.41, 5.74) is 2.98. The summed E-state index contributed by atoms with van der Waals surface area (Å²) in [5.74, 6) is 1.33. The normalized spacial score (nSPS) is 27.1. The van der Waals surface area contributed by atoms with Crippen LogP contribution in [0.25, 0.3) is 0 Å². The molecule has 0 bridgehead atoms. The highest BCUT2D eigenvalue weighted by atomic mass is 16.5. The van der Waals surface area contributed by atoms with Crippen molar-refractivity contribution < 1.29 is 4.74 Å². The highest BCUT2D eigenvalue weighted by Gasteiger charge is 2.20. The molecular weight excluding hydrogens is 224 g/mol. The molecule has 1 saturated heterocycles. The van der Waals surface area contributed by atoms with Crippen LogP contribution in [0.4, 0.5) is 0 Å². The zero-order valence-electron chi connectivity index (χ0n) is 10.8. The van der Waals surface area contributed by atoms with Gasteiger partial charge in [-0.25, -0.2) is 0 Å². The molecule has 0 aromatic heterocycles. The number of ether oxygens (including phenoxy) is 1. The van der Waals surface area contributed by atoms with Crippen molar-refractivity contribution in [3.05, 3.63) is 35.4 Å². The third-order valence-corrected chi connectivity index (χ3v) is 4.05. The van der Waals surface area contributed by atoms with Crippen LogP contribution in [0.15, 0.2) is 24.3 Å². The Labute approximate surface area is 109 Å². The van der Waals surface area contributed by atoms with Crippen LogP contribution in [0.3, 0.4) is 0 Å². The minimum atomic E-state index is 0.609. The van der Waals surface area contributed by atoms with Gasteiger partial charge in [-0.15, -0.1) is 0 Å². The molecule has 2 heterocycles. The van der Waals surface area contributed by atoms with Gasteiger partial charge in [0, 0.05) is 38.7 Å². The van der Waals surface area contributed by atoms with E-state index in [1.807, 2.05) is 0 Å². The van der Waals surface area contributed by atoms with Crippen molar-refractivity contribution in [1.29, 1.82) is 0 Å². The lowest BCUT2D eigenvalue weighted by Gasteiger charge is -2.27. The highest BCUT2D eigenvalue weighted by molar-refractivity contribution is 5.32. The molecule has 3 rings (SSSR count). The number of rotatable bonds is 4. The minimum Gasteiger partial charge on any atom is -0.381 e. The Morgan fingerprint density at radius 2 is 2.22 bits per heavy atom. The van der Waals surface area contributed by atoms with Crippen LogP contribution in [-0.2, 0) is 11.3 Å². The Kier molecular flexibility index (Phi) is 3.93. The molecule has 2 unspecified atom stereocenters. The van der Waals surface area contributed by atoms with Crippen molar-refractivity contribution in [2.75, 3.05) is 32.8 Å². The van der Waals surface area contributed by atoms with E-state index in [-0.39, 0.29) is 0 Å². The lowest BCUT2D eigenvalue weighted by molar-refractivity contribution is 0.185. The van der Waals surface area contributed by atoms with Gasteiger partial charge in [-0.05, 0) is 23.5 Å². The molecular formula is C15H22N2O. The largest absolute Gasteiger partial charge is 0.381 e. The first kappa shape index (κ1) is 12.2. The first-order valence-corrected chi connectivity index (χ1v) is 7.00. The summed E-state index contributed by atoms with van der Waals surface area (Å²) in [6.07, 6.45) is 1.21. The fourth-order valence-electron chi connectivity index (χ4n) is 2.97. The monoisotopic (exact) mass is 246 g/mol. The number of benzene rings is 1. The molecule has 0 amide bonds. The van der Waals surface area contributed by atoms with Gasteiger partial charge in [-0.3, -0.25) is 0 Å². The third-order valence-electron chi connectivity index (χ3n) is 4.05. The third kappa shape index (κ3) is 2.74. The van der Waals surface area contributed by atoms with Gasteiger partial charge in [0.15, 0.2) is 0 Å². The van der Waals surface area contributed by atoms with Crippen LogP contribution in [0, 0.1) is 5.92 Å². The Hall–Kier alpha value is -0.900. The summed E-state index contributed by atoms with van der Waals surface area (Å²) in [5, 5.41) is 7.12. The summed E-state index contributed by atoms with van der Waals surface area (Å²) in [6, 6.07) is 8.80. The maximum atomic E-state index is 5.40. The first-order valence-electron chi connectivity index (χ1n) is 7.00. The van der Waals surface area contributed by atoms with E-state index in [0.29, 0.717) is 5.92 Å². The van der Waals surface area contributed by atoms with E-state index in [9.17, 15) is 0 Å². The Morgan fingerprint density at radius 3 is 3.11 bits per heavy atom. The second-order valence-electron chi connectivity index (χ2n) is 5.41. The van der Waals surface area contributed by atoms with Crippen molar-refractivity contribution in [2.45, 2.75) is 18.9 Å². The van der Waals surface area contributed by atoms with Crippen LogP contribution in [0.5, 0.6) is 0 Å². The van der Waals surface area contributed by atoms with Gasteiger partial charge in [0.25, 0.3) is 0 Å². The molecule has 2 N–H and O–H groups in total. The lowest BCUT2D eigenvalue weighted by atomic mass is 9.91. The fourth-order valence-corrected chi connectivity index (χ4v) is 2.97. The molecule has 2 aliphatic rings. The maximum absolute atomic E-state index is 5.40. The zero-order chi connectivity index (χ0) is 12.2. The standard InChI is InChI=1S/C15H22N2O/c1-2-4-15-13(3-1)8-17-10-14(15)9-16-7-12-5-6-18-11-12/h1-4,12,14,16-17H,5-11H2. The quantitative estimate of drug-likeness (QED) is 0.844. The zero-order valence-corrected chi connectivity index (χ0v) is 10.8. The average molecular weight is 246 g/mol. The van der Waals surface area contributed by atoms with Gasteiger partial charge in [-0.2, -0.15) is 0 Å². The topological polar surface area (TPSA) is 33.3 Å². The molecule has 3 heteroatoms. The number of hydrogen-bond donors (Lipinski definition) is 2. The molecule has 2 atom stereocenters. The van der Waals surface area contributed by atoms with Crippen molar-refractivity contribution in [3.63, 3.8) is 0 Å². The molecule has 0 saturated carbocycles. The summed E-state index contributed by atoms with van der Waals surface area (Å²) >= 11 is 0. The molecule has 0 spiro atoms.